The third-order valence-electron chi connectivity index (χ3n) is 4.46. The maximum absolute atomic E-state index is 13.7. The van der Waals surface area contributed by atoms with E-state index in [0.717, 1.165) is 30.5 Å². The van der Waals surface area contributed by atoms with Crippen molar-refractivity contribution in [3.63, 3.8) is 0 Å². The van der Waals surface area contributed by atoms with Crippen LogP contribution in [0, 0.1) is 11.6 Å². The standard InChI is InChI=1S/C22H22F2N4O/c1-3-28(4-2)18-8-6-16(7-9-18)26-17-11-12-25-21(14-17)22(29)27-20-10-5-15(23)13-19(20)24/h5-14H,3-4H2,1-2H3,(H,25,26)(H,27,29). The van der Waals surface area contributed by atoms with Gasteiger partial charge in [0.15, 0.2) is 0 Å². The fraction of sp³-hybridized carbons (Fsp3) is 0.182. The lowest BCUT2D eigenvalue weighted by molar-refractivity contribution is 0.102. The first-order valence-corrected chi connectivity index (χ1v) is 9.34. The van der Waals surface area contributed by atoms with Crippen LogP contribution in [0.2, 0.25) is 0 Å². The van der Waals surface area contributed by atoms with Gasteiger partial charge in [-0.15, -0.1) is 0 Å². The molecular formula is C22H22F2N4O. The van der Waals surface area contributed by atoms with E-state index in [4.69, 9.17) is 0 Å². The summed E-state index contributed by atoms with van der Waals surface area (Å²) < 4.78 is 26.7. The van der Waals surface area contributed by atoms with Gasteiger partial charge in [-0.2, -0.15) is 0 Å². The molecular weight excluding hydrogens is 374 g/mol. The number of carbonyl (C=O) groups is 1. The van der Waals surface area contributed by atoms with Crippen LogP contribution >= 0.6 is 0 Å². The number of benzene rings is 2. The number of halogens is 2. The normalized spacial score (nSPS) is 10.5. The molecule has 0 aliphatic carbocycles. The van der Waals surface area contributed by atoms with Gasteiger partial charge in [0.2, 0.25) is 0 Å². The predicted molar refractivity (Wildman–Crippen MR) is 112 cm³/mol. The summed E-state index contributed by atoms with van der Waals surface area (Å²) in [6, 6.07) is 14.2. The number of rotatable bonds is 7. The molecule has 1 amide bonds. The molecule has 0 saturated heterocycles. The van der Waals surface area contributed by atoms with Crippen molar-refractivity contribution >= 4 is 28.7 Å². The molecule has 5 nitrogen and oxygen atoms in total. The Hall–Kier alpha value is -3.48. The van der Waals surface area contributed by atoms with Gasteiger partial charge in [0, 0.05) is 42.4 Å². The number of hydrogen-bond donors (Lipinski definition) is 2. The quantitative estimate of drug-likeness (QED) is 0.576. The molecule has 0 aliphatic heterocycles. The number of nitrogens with zero attached hydrogens (tertiary/aromatic N) is 2. The molecule has 3 rings (SSSR count). The molecule has 29 heavy (non-hydrogen) atoms. The van der Waals surface area contributed by atoms with Gasteiger partial charge >= 0.3 is 0 Å². The summed E-state index contributed by atoms with van der Waals surface area (Å²) in [5.41, 5.74) is 2.67. The minimum absolute atomic E-state index is 0.108. The summed E-state index contributed by atoms with van der Waals surface area (Å²) in [5, 5.41) is 5.62. The Morgan fingerprint density at radius 1 is 0.966 bits per heavy atom. The molecule has 0 fully saturated rings. The molecule has 0 atom stereocenters. The second-order valence-electron chi connectivity index (χ2n) is 6.35. The van der Waals surface area contributed by atoms with Crippen molar-refractivity contribution in [3.8, 4) is 0 Å². The lowest BCUT2D eigenvalue weighted by Crippen LogP contribution is -2.21. The van der Waals surface area contributed by atoms with Gasteiger partial charge in [-0.05, 0) is 62.4 Å². The third kappa shape index (κ3) is 5.07. The second-order valence-corrected chi connectivity index (χ2v) is 6.35. The van der Waals surface area contributed by atoms with Crippen molar-refractivity contribution in [1.29, 1.82) is 0 Å². The lowest BCUT2D eigenvalue weighted by Gasteiger charge is -2.21. The number of anilines is 4. The van der Waals surface area contributed by atoms with Gasteiger partial charge in [-0.3, -0.25) is 9.78 Å². The molecule has 0 saturated carbocycles. The van der Waals surface area contributed by atoms with Crippen molar-refractivity contribution in [2.75, 3.05) is 28.6 Å². The molecule has 0 aliphatic rings. The highest BCUT2D eigenvalue weighted by atomic mass is 19.1. The average molecular weight is 396 g/mol. The Labute approximate surface area is 168 Å². The smallest absolute Gasteiger partial charge is 0.274 e. The number of amides is 1. The van der Waals surface area contributed by atoms with Gasteiger partial charge in [0.05, 0.1) is 5.69 Å². The largest absolute Gasteiger partial charge is 0.372 e. The average Bonchev–Trinajstić information content (AvgIpc) is 2.72. The van der Waals surface area contributed by atoms with Crippen molar-refractivity contribution in [3.05, 3.63) is 78.1 Å². The first kappa shape index (κ1) is 20.3. The molecule has 1 aromatic heterocycles. The molecule has 3 aromatic rings. The van der Waals surface area contributed by atoms with E-state index in [9.17, 15) is 13.6 Å². The van der Waals surface area contributed by atoms with E-state index in [-0.39, 0.29) is 11.4 Å². The first-order valence-electron chi connectivity index (χ1n) is 9.34. The van der Waals surface area contributed by atoms with Crippen LogP contribution < -0.4 is 15.5 Å². The SMILES string of the molecule is CCN(CC)c1ccc(Nc2ccnc(C(=O)Nc3ccc(F)cc3F)c2)cc1. The Bertz CT molecular complexity index is 988. The zero-order valence-electron chi connectivity index (χ0n) is 16.2. The molecule has 0 unspecified atom stereocenters. The lowest BCUT2D eigenvalue weighted by atomic mass is 10.2. The van der Waals surface area contributed by atoms with Crippen LogP contribution in [0.4, 0.5) is 31.5 Å². The minimum Gasteiger partial charge on any atom is -0.372 e. The molecule has 150 valence electrons. The van der Waals surface area contributed by atoms with E-state index in [2.05, 4.69) is 34.4 Å². The summed E-state index contributed by atoms with van der Waals surface area (Å²) in [4.78, 5) is 18.6. The van der Waals surface area contributed by atoms with Gasteiger partial charge in [-0.1, -0.05) is 0 Å². The Kier molecular flexibility index (Phi) is 6.39. The number of nitrogens with one attached hydrogen (secondary N) is 2. The Morgan fingerprint density at radius 2 is 1.69 bits per heavy atom. The summed E-state index contributed by atoms with van der Waals surface area (Å²) in [6.45, 7) is 6.08. The van der Waals surface area contributed by atoms with Crippen molar-refractivity contribution < 1.29 is 13.6 Å². The topological polar surface area (TPSA) is 57.3 Å². The van der Waals surface area contributed by atoms with Gasteiger partial charge in [-0.25, -0.2) is 8.78 Å². The molecule has 0 bridgehead atoms. The summed E-state index contributed by atoms with van der Waals surface area (Å²) in [6.07, 6.45) is 1.49. The fourth-order valence-corrected chi connectivity index (χ4v) is 2.92. The Morgan fingerprint density at radius 3 is 2.34 bits per heavy atom. The monoisotopic (exact) mass is 396 g/mol. The van der Waals surface area contributed by atoms with E-state index in [0.29, 0.717) is 11.8 Å². The number of pyridine rings is 1. The van der Waals surface area contributed by atoms with Gasteiger partial charge < -0.3 is 15.5 Å². The third-order valence-corrected chi connectivity index (χ3v) is 4.46. The van der Waals surface area contributed by atoms with Gasteiger partial charge in [0.1, 0.15) is 17.3 Å². The predicted octanol–water partition coefficient (Wildman–Crippen LogP) is 5.20. The molecule has 1 heterocycles. The van der Waals surface area contributed by atoms with Crippen molar-refractivity contribution in [2.24, 2.45) is 0 Å². The van der Waals surface area contributed by atoms with E-state index >= 15 is 0 Å². The van der Waals surface area contributed by atoms with E-state index < -0.39 is 17.5 Å². The fourth-order valence-electron chi connectivity index (χ4n) is 2.92. The number of hydrogen-bond acceptors (Lipinski definition) is 4. The first-order chi connectivity index (χ1) is 14.0. The summed E-state index contributed by atoms with van der Waals surface area (Å²) in [5.74, 6) is -2.14. The van der Waals surface area contributed by atoms with Crippen molar-refractivity contribution in [2.45, 2.75) is 13.8 Å². The van der Waals surface area contributed by atoms with E-state index in [1.54, 1.807) is 12.1 Å². The van der Waals surface area contributed by atoms with Crippen LogP contribution in [-0.4, -0.2) is 24.0 Å². The van der Waals surface area contributed by atoms with Crippen LogP contribution in [0.25, 0.3) is 0 Å². The van der Waals surface area contributed by atoms with Crippen LogP contribution in [-0.2, 0) is 0 Å². The second kappa shape index (κ2) is 9.14. The molecule has 7 heteroatoms. The zero-order chi connectivity index (χ0) is 20.8. The van der Waals surface area contributed by atoms with Crippen LogP contribution in [0.15, 0.2) is 60.8 Å². The Balaban J connectivity index is 1.71. The maximum Gasteiger partial charge on any atom is 0.274 e. The molecule has 0 spiro atoms. The van der Waals surface area contributed by atoms with Crippen LogP contribution in [0.5, 0.6) is 0 Å². The number of carbonyl (C=O) groups excluding carboxylic acids is 1. The van der Waals surface area contributed by atoms with Gasteiger partial charge in [0.25, 0.3) is 5.91 Å². The van der Waals surface area contributed by atoms with Crippen LogP contribution in [0.3, 0.4) is 0 Å². The highest BCUT2D eigenvalue weighted by Gasteiger charge is 2.12. The van der Waals surface area contributed by atoms with E-state index in [1.807, 2.05) is 24.3 Å². The zero-order valence-corrected chi connectivity index (χ0v) is 16.2. The summed E-state index contributed by atoms with van der Waals surface area (Å²) >= 11 is 0. The molecule has 0 radical (unpaired) electrons. The molecule has 2 aromatic carbocycles. The highest BCUT2D eigenvalue weighted by molar-refractivity contribution is 6.03. The number of aromatic nitrogens is 1. The maximum atomic E-state index is 13.7. The summed E-state index contributed by atoms with van der Waals surface area (Å²) in [7, 11) is 0. The minimum atomic E-state index is -0.846. The van der Waals surface area contributed by atoms with Crippen LogP contribution in [0.1, 0.15) is 24.3 Å². The van der Waals surface area contributed by atoms with Crippen molar-refractivity contribution in [1.82, 2.24) is 4.98 Å². The highest BCUT2D eigenvalue weighted by Crippen LogP contribution is 2.22. The molecule has 2 N–H and O–H groups in total. The van der Waals surface area contributed by atoms with E-state index in [1.165, 1.54) is 12.3 Å².